The van der Waals surface area contributed by atoms with Crippen molar-refractivity contribution in [2.45, 2.75) is 12.5 Å². The number of rotatable bonds is 5. The number of anilines is 1. The Morgan fingerprint density at radius 2 is 1.53 bits per heavy atom. The van der Waals surface area contributed by atoms with E-state index in [9.17, 15) is 31.1 Å². The van der Waals surface area contributed by atoms with Crippen LogP contribution in [0.5, 0.6) is 5.75 Å². The molecule has 0 radical (unpaired) electrons. The Kier molecular flexibility index (Phi) is 6.68. The van der Waals surface area contributed by atoms with Gasteiger partial charge in [-0.3, -0.25) is 4.79 Å². The van der Waals surface area contributed by atoms with Crippen LogP contribution in [0.3, 0.4) is 0 Å². The lowest BCUT2D eigenvalue weighted by Gasteiger charge is -2.11. The number of benzene rings is 3. The SMILES string of the molecule is O=C(Nc1ccc(OC(F)(F)F)cc1)c1ccc(-c2cc(C(F)(F)F)nn2-c2ccccc2Cl)cc1. The van der Waals surface area contributed by atoms with Crippen molar-refractivity contribution in [2.24, 2.45) is 0 Å². The molecule has 186 valence electrons. The number of para-hydroxylation sites is 1. The minimum atomic E-state index is -4.84. The number of halogens is 7. The van der Waals surface area contributed by atoms with E-state index in [0.717, 1.165) is 22.9 Å². The van der Waals surface area contributed by atoms with Crippen molar-refractivity contribution in [1.82, 2.24) is 9.78 Å². The summed E-state index contributed by atoms with van der Waals surface area (Å²) in [5, 5.41) is 6.39. The van der Waals surface area contributed by atoms with E-state index < -0.39 is 29.9 Å². The number of amides is 1. The highest BCUT2D eigenvalue weighted by molar-refractivity contribution is 6.32. The van der Waals surface area contributed by atoms with Crippen molar-refractivity contribution in [3.63, 3.8) is 0 Å². The molecule has 0 spiro atoms. The number of nitrogens with one attached hydrogen (secondary N) is 1. The molecule has 1 aromatic heterocycles. The molecule has 5 nitrogen and oxygen atoms in total. The Balaban J connectivity index is 1.58. The Bertz CT molecular complexity index is 1380. The van der Waals surface area contributed by atoms with E-state index in [4.69, 9.17) is 11.6 Å². The summed E-state index contributed by atoms with van der Waals surface area (Å²) >= 11 is 6.17. The van der Waals surface area contributed by atoms with Crippen LogP contribution >= 0.6 is 11.6 Å². The van der Waals surface area contributed by atoms with Crippen molar-refractivity contribution in [1.29, 1.82) is 0 Å². The van der Waals surface area contributed by atoms with E-state index in [1.54, 1.807) is 12.1 Å². The minimum Gasteiger partial charge on any atom is -0.406 e. The fourth-order valence-electron chi connectivity index (χ4n) is 3.27. The predicted molar refractivity (Wildman–Crippen MR) is 120 cm³/mol. The molecule has 36 heavy (non-hydrogen) atoms. The molecule has 4 aromatic rings. The quantitative estimate of drug-likeness (QED) is 0.277. The fraction of sp³-hybridized carbons (Fsp3) is 0.0833. The van der Waals surface area contributed by atoms with Gasteiger partial charge in [0.25, 0.3) is 5.91 Å². The number of alkyl halides is 6. The van der Waals surface area contributed by atoms with E-state index in [1.165, 1.54) is 48.5 Å². The summed E-state index contributed by atoms with van der Waals surface area (Å²) in [5.74, 6) is -1.03. The van der Waals surface area contributed by atoms with Crippen LogP contribution in [0.1, 0.15) is 16.1 Å². The molecule has 12 heteroatoms. The standard InChI is InChI=1S/C24H14ClF6N3O2/c25-18-3-1-2-4-19(18)34-20(13-21(33-34)23(26,27)28)14-5-7-15(8-6-14)22(35)32-16-9-11-17(12-10-16)36-24(29,30)31/h1-13H,(H,32,35). The maximum absolute atomic E-state index is 13.4. The van der Waals surface area contributed by atoms with Crippen LogP contribution in [-0.2, 0) is 6.18 Å². The van der Waals surface area contributed by atoms with Crippen molar-refractivity contribution < 1.29 is 35.9 Å². The average molecular weight is 526 g/mol. The van der Waals surface area contributed by atoms with Gasteiger partial charge < -0.3 is 10.1 Å². The Morgan fingerprint density at radius 1 is 0.889 bits per heavy atom. The third-order valence-corrected chi connectivity index (χ3v) is 5.19. The van der Waals surface area contributed by atoms with Crippen LogP contribution in [0.2, 0.25) is 5.02 Å². The highest BCUT2D eigenvalue weighted by atomic mass is 35.5. The number of nitrogens with zero attached hydrogens (tertiary/aromatic N) is 2. The van der Waals surface area contributed by atoms with Gasteiger partial charge in [0.15, 0.2) is 5.69 Å². The first kappa shape index (κ1) is 25.1. The van der Waals surface area contributed by atoms with E-state index in [0.29, 0.717) is 5.56 Å². The molecule has 0 aliphatic carbocycles. The van der Waals surface area contributed by atoms with Crippen LogP contribution < -0.4 is 10.1 Å². The van der Waals surface area contributed by atoms with Gasteiger partial charge in [-0.15, -0.1) is 13.2 Å². The van der Waals surface area contributed by atoms with Crippen LogP contribution in [0.15, 0.2) is 78.9 Å². The second-order valence-electron chi connectivity index (χ2n) is 7.38. The number of carbonyl (C=O) groups is 1. The molecule has 0 fully saturated rings. The van der Waals surface area contributed by atoms with Crippen molar-refractivity contribution in [3.8, 4) is 22.7 Å². The predicted octanol–water partition coefficient (Wildman–Crippen LogP) is 7.36. The van der Waals surface area contributed by atoms with Crippen molar-refractivity contribution in [2.75, 3.05) is 5.32 Å². The summed E-state index contributed by atoms with van der Waals surface area (Å²) in [6.07, 6.45) is -9.53. The van der Waals surface area contributed by atoms with Gasteiger partial charge in [0.1, 0.15) is 5.75 Å². The first-order valence-electron chi connectivity index (χ1n) is 10.1. The summed E-state index contributed by atoms with van der Waals surface area (Å²) in [6.45, 7) is 0. The summed E-state index contributed by atoms with van der Waals surface area (Å²) in [7, 11) is 0. The van der Waals surface area contributed by atoms with Gasteiger partial charge in [-0.05, 0) is 54.6 Å². The average Bonchev–Trinajstić information content (AvgIpc) is 3.26. The highest BCUT2D eigenvalue weighted by Gasteiger charge is 2.35. The Labute approximate surface area is 204 Å². The second kappa shape index (κ2) is 9.57. The molecule has 0 bridgehead atoms. The zero-order valence-corrected chi connectivity index (χ0v) is 18.6. The summed E-state index contributed by atoms with van der Waals surface area (Å²) in [4.78, 5) is 12.5. The highest BCUT2D eigenvalue weighted by Crippen LogP contribution is 2.34. The normalized spacial score (nSPS) is 11.9. The van der Waals surface area contributed by atoms with Gasteiger partial charge in [-0.25, -0.2) is 4.68 Å². The largest absolute Gasteiger partial charge is 0.573 e. The molecular formula is C24H14ClF6N3O2. The van der Waals surface area contributed by atoms with Crippen LogP contribution in [0, 0.1) is 0 Å². The maximum atomic E-state index is 13.4. The molecule has 0 saturated carbocycles. The molecule has 0 aliphatic heterocycles. The molecule has 0 aliphatic rings. The minimum absolute atomic E-state index is 0.0997. The zero-order chi connectivity index (χ0) is 26.1. The molecular weight excluding hydrogens is 512 g/mol. The molecule has 0 unspecified atom stereocenters. The van der Waals surface area contributed by atoms with Crippen LogP contribution in [0.4, 0.5) is 32.0 Å². The summed E-state index contributed by atoms with van der Waals surface area (Å²) in [5.41, 5.74) is -0.0631. The number of aromatic nitrogens is 2. The Hall–Kier alpha value is -3.99. The monoisotopic (exact) mass is 525 g/mol. The van der Waals surface area contributed by atoms with E-state index in [2.05, 4.69) is 15.2 Å². The molecule has 1 heterocycles. The van der Waals surface area contributed by atoms with Gasteiger partial charge >= 0.3 is 12.5 Å². The molecule has 4 rings (SSSR count). The molecule has 0 atom stereocenters. The number of carbonyl (C=O) groups excluding carboxylic acids is 1. The first-order chi connectivity index (χ1) is 16.9. The molecule has 3 aromatic carbocycles. The smallest absolute Gasteiger partial charge is 0.406 e. The van der Waals surface area contributed by atoms with Gasteiger partial charge in [-0.2, -0.15) is 18.3 Å². The van der Waals surface area contributed by atoms with E-state index >= 15 is 0 Å². The Morgan fingerprint density at radius 3 is 2.11 bits per heavy atom. The number of hydrogen-bond acceptors (Lipinski definition) is 3. The van der Waals surface area contributed by atoms with Crippen LogP contribution in [0.25, 0.3) is 16.9 Å². The summed E-state index contributed by atoms with van der Waals surface area (Å²) in [6, 6.07) is 17.4. The third kappa shape index (κ3) is 5.80. The zero-order valence-electron chi connectivity index (χ0n) is 17.9. The fourth-order valence-corrected chi connectivity index (χ4v) is 3.48. The summed E-state index contributed by atoms with van der Waals surface area (Å²) < 4.78 is 81.8. The maximum Gasteiger partial charge on any atom is 0.573 e. The van der Waals surface area contributed by atoms with Gasteiger partial charge in [0, 0.05) is 16.8 Å². The van der Waals surface area contributed by atoms with Crippen molar-refractivity contribution >= 4 is 23.2 Å². The molecule has 1 amide bonds. The first-order valence-corrected chi connectivity index (χ1v) is 10.5. The number of hydrogen-bond donors (Lipinski definition) is 1. The van der Waals surface area contributed by atoms with Gasteiger partial charge in [-0.1, -0.05) is 35.9 Å². The number of ether oxygens (including phenoxy) is 1. The van der Waals surface area contributed by atoms with Gasteiger partial charge in [0.05, 0.1) is 16.4 Å². The molecule has 1 N–H and O–H groups in total. The van der Waals surface area contributed by atoms with Crippen molar-refractivity contribution in [3.05, 3.63) is 95.1 Å². The lowest BCUT2D eigenvalue weighted by molar-refractivity contribution is -0.274. The molecule has 0 saturated heterocycles. The third-order valence-electron chi connectivity index (χ3n) is 4.87. The van der Waals surface area contributed by atoms with E-state index in [-0.39, 0.29) is 27.7 Å². The lowest BCUT2D eigenvalue weighted by Crippen LogP contribution is -2.17. The second-order valence-corrected chi connectivity index (χ2v) is 7.79. The van der Waals surface area contributed by atoms with Gasteiger partial charge in [0.2, 0.25) is 0 Å². The van der Waals surface area contributed by atoms with E-state index in [1.807, 2.05) is 0 Å². The van der Waals surface area contributed by atoms with Crippen LogP contribution in [-0.4, -0.2) is 22.1 Å². The topological polar surface area (TPSA) is 56.1 Å². The lowest BCUT2D eigenvalue weighted by atomic mass is 10.1.